The molecule has 0 bridgehead atoms. The van der Waals surface area contributed by atoms with Crippen LogP contribution in [0.5, 0.6) is 0 Å². The number of para-hydroxylation sites is 1. The maximum Gasteiger partial charge on any atom is 0.264 e. The van der Waals surface area contributed by atoms with E-state index in [0.29, 0.717) is 5.69 Å². The molecule has 9 heteroatoms. The Hall–Kier alpha value is -3.69. The summed E-state index contributed by atoms with van der Waals surface area (Å²) in [5.41, 5.74) is 7.48. The second kappa shape index (κ2) is 11.1. The number of nitrogens with zero attached hydrogens (tertiary/aromatic N) is 3. The largest absolute Gasteiger partial charge is 0.318 e. The van der Waals surface area contributed by atoms with Crippen LogP contribution < -0.4 is 9.73 Å². The van der Waals surface area contributed by atoms with Crippen molar-refractivity contribution in [2.45, 2.75) is 25.7 Å². The number of aryl methyl sites for hydroxylation is 2. The van der Waals surface area contributed by atoms with E-state index in [9.17, 15) is 13.2 Å². The lowest BCUT2D eigenvalue weighted by Crippen LogP contribution is -2.40. The minimum atomic E-state index is -3.98. The van der Waals surface area contributed by atoms with Gasteiger partial charge in [0.25, 0.3) is 15.9 Å². The van der Waals surface area contributed by atoms with Gasteiger partial charge in [0, 0.05) is 27.1 Å². The summed E-state index contributed by atoms with van der Waals surface area (Å²) in [4.78, 5) is 13.0. The van der Waals surface area contributed by atoms with Gasteiger partial charge in [0.05, 0.1) is 16.8 Å². The molecule has 3 aromatic carbocycles. The van der Waals surface area contributed by atoms with Crippen LogP contribution >= 0.6 is 15.9 Å². The fraction of sp³-hybridized carbons (Fsp3) is 0.143. The van der Waals surface area contributed by atoms with Crippen LogP contribution in [0.1, 0.15) is 22.5 Å². The van der Waals surface area contributed by atoms with E-state index >= 15 is 0 Å². The Balaban J connectivity index is 1.56. The Morgan fingerprint density at radius 3 is 2.38 bits per heavy atom. The van der Waals surface area contributed by atoms with Gasteiger partial charge in [-0.15, -0.1) is 0 Å². The number of rotatable bonds is 8. The second-order valence-corrected chi connectivity index (χ2v) is 11.3. The van der Waals surface area contributed by atoms with E-state index in [0.717, 1.165) is 37.0 Å². The Kier molecular flexibility index (Phi) is 7.94. The SMILES string of the molecule is Cc1ccccc1N(CC(=O)N/N=C\c1cc(C)n(-c2cccc(Br)c2)c1C)S(=O)(=O)c1ccccc1. The maximum atomic E-state index is 13.5. The van der Waals surface area contributed by atoms with Crippen molar-refractivity contribution in [1.82, 2.24) is 9.99 Å². The van der Waals surface area contributed by atoms with Gasteiger partial charge in [0.2, 0.25) is 0 Å². The number of anilines is 1. The summed E-state index contributed by atoms with van der Waals surface area (Å²) in [6.07, 6.45) is 1.57. The van der Waals surface area contributed by atoms with Crippen LogP contribution in [0.15, 0.2) is 99.4 Å². The third-order valence-corrected chi connectivity index (χ3v) is 8.20. The number of sulfonamides is 1. The third-order valence-electron chi connectivity index (χ3n) is 5.93. The molecule has 190 valence electrons. The van der Waals surface area contributed by atoms with Crippen LogP contribution in [0.2, 0.25) is 0 Å². The number of halogens is 1. The van der Waals surface area contributed by atoms with Gasteiger partial charge in [-0.05, 0) is 68.8 Å². The summed E-state index contributed by atoms with van der Waals surface area (Å²) in [5, 5.41) is 4.12. The molecule has 0 saturated carbocycles. The van der Waals surface area contributed by atoms with Crippen LogP contribution in [-0.2, 0) is 14.8 Å². The third kappa shape index (κ3) is 5.84. The summed E-state index contributed by atoms with van der Waals surface area (Å²) < 4.78 is 31.1. The first-order valence-corrected chi connectivity index (χ1v) is 13.8. The molecular weight excluding hydrogens is 552 g/mol. The molecule has 0 aliphatic heterocycles. The molecule has 0 radical (unpaired) electrons. The predicted octanol–water partition coefficient (Wildman–Crippen LogP) is 5.51. The molecular formula is C28H27BrN4O3S. The van der Waals surface area contributed by atoms with E-state index in [-0.39, 0.29) is 4.90 Å². The lowest BCUT2D eigenvalue weighted by Gasteiger charge is -2.25. The molecule has 4 rings (SSSR count). The number of aromatic nitrogens is 1. The zero-order valence-corrected chi connectivity index (χ0v) is 23.1. The zero-order valence-electron chi connectivity index (χ0n) is 20.7. The monoisotopic (exact) mass is 578 g/mol. The number of carbonyl (C=O) groups excluding carboxylic acids is 1. The molecule has 1 aromatic heterocycles. The van der Waals surface area contributed by atoms with E-state index in [2.05, 4.69) is 31.0 Å². The molecule has 1 N–H and O–H groups in total. The van der Waals surface area contributed by atoms with Gasteiger partial charge in [0.1, 0.15) is 6.54 Å². The number of amides is 1. The van der Waals surface area contributed by atoms with E-state index in [1.807, 2.05) is 50.2 Å². The van der Waals surface area contributed by atoms with Crippen molar-refractivity contribution in [2.75, 3.05) is 10.8 Å². The normalized spacial score (nSPS) is 11.6. The predicted molar refractivity (Wildman–Crippen MR) is 151 cm³/mol. The number of nitrogens with one attached hydrogen (secondary N) is 1. The van der Waals surface area contributed by atoms with Gasteiger partial charge in [-0.1, -0.05) is 58.4 Å². The molecule has 0 aliphatic carbocycles. The van der Waals surface area contributed by atoms with Crippen LogP contribution in [0.25, 0.3) is 5.69 Å². The number of hydrogen-bond donors (Lipinski definition) is 1. The molecule has 1 amide bonds. The van der Waals surface area contributed by atoms with Crippen molar-refractivity contribution in [1.29, 1.82) is 0 Å². The molecule has 0 saturated heterocycles. The van der Waals surface area contributed by atoms with Gasteiger partial charge in [0.15, 0.2) is 0 Å². The van der Waals surface area contributed by atoms with Gasteiger partial charge >= 0.3 is 0 Å². The Labute approximate surface area is 225 Å². The van der Waals surface area contributed by atoms with E-state index in [4.69, 9.17) is 0 Å². The van der Waals surface area contributed by atoms with E-state index in [1.165, 1.54) is 12.1 Å². The highest BCUT2D eigenvalue weighted by Crippen LogP contribution is 2.26. The van der Waals surface area contributed by atoms with Gasteiger partial charge in [-0.2, -0.15) is 5.10 Å². The zero-order chi connectivity index (χ0) is 26.6. The molecule has 37 heavy (non-hydrogen) atoms. The molecule has 0 atom stereocenters. The fourth-order valence-corrected chi connectivity index (χ4v) is 6.03. The van der Waals surface area contributed by atoms with Crippen molar-refractivity contribution >= 4 is 43.8 Å². The molecule has 0 unspecified atom stereocenters. The van der Waals surface area contributed by atoms with Crippen LogP contribution in [0.3, 0.4) is 0 Å². The number of hydrazone groups is 1. The summed E-state index contributed by atoms with van der Waals surface area (Å²) >= 11 is 3.51. The standard InChI is InChI=1S/C28H27BrN4O3S/c1-20-10-7-8-15-27(20)32(37(35,36)26-13-5-4-6-14-26)19-28(34)31-30-18-23-16-21(2)33(22(23)3)25-12-9-11-24(29)17-25/h4-18H,19H2,1-3H3,(H,31,34)/b30-18-. The van der Waals surface area contributed by atoms with E-state index in [1.54, 1.807) is 49.5 Å². The lowest BCUT2D eigenvalue weighted by atomic mass is 10.2. The summed E-state index contributed by atoms with van der Waals surface area (Å²) in [5.74, 6) is -0.556. The summed E-state index contributed by atoms with van der Waals surface area (Å²) in [6, 6.07) is 25.1. The molecule has 0 spiro atoms. The molecule has 4 aromatic rings. The van der Waals surface area contributed by atoms with Gasteiger partial charge < -0.3 is 4.57 Å². The summed E-state index contributed by atoms with van der Waals surface area (Å²) in [6.45, 7) is 5.36. The molecule has 1 heterocycles. The number of carbonyl (C=O) groups is 1. The second-order valence-electron chi connectivity index (χ2n) is 8.55. The molecule has 7 nitrogen and oxygen atoms in total. The topological polar surface area (TPSA) is 83.8 Å². The quantitative estimate of drug-likeness (QED) is 0.221. The number of benzene rings is 3. The first-order valence-electron chi connectivity index (χ1n) is 11.6. The Morgan fingerprint density at radius 1 is 0.973 bits per heavy atom. The van der Waals surface area contributed by atoms with Crippen molar-refractivity contribution in [3.05, 3.63) is 112 Å². The average Bonchev–Trinajstić information content (AvgIpc) is 3.16. The van der Waals surface area contributed by atoms with Crippen molar-refractivity contribution < 1.29 is 13.2 Å². The fourth-order valence-electron chi connectivity index (χ4n) is 4.13. The van der Waals surface area contributed by atoms with Crippen molar-refractivity contribution in [2.24, 2.45) is 5.10 Å². The Morgan fingerprint density at radius 2 is 1.68 bits per heavy atom. The van der Waals surface area contributed by atoms with Crippen LogP contribution in [0, 0.1) is 20.8 Å². The van der Waals surface area contributed by atoms with Crippen LogP contribution in [0.4, 0.5) is 5.69 Å². The summed E-state index contributed by atoms with van der Waals surface area (Å²) in [7, 11) is -3.98. The first-order chi connectivity index (χ1) is 17.7. The highest BCUT2D eigenvalue weighted by molar-refractivity contribution is 9.10. The average molecular weight is 580 g/mol. The van der Waals surface area contributed by atoms with E-state index < -0.39 is 22.5 Å². The van der Waals surface area contributed by atoms with Crippen LogP contribution in [-0.4, -0.2) is 31.7 Å². The molecule has 0 fully saturated rings. The first kappa shape index (κ1) is 26.4. The van der Waals surface area contributed by atoms with Gasteiger partial charge in [-0.25, -0.2) is 13.8 Å². The minimum Gasteiger partial charge on any atom is -0.318 e. The lowest BCUT2D eigenvalue weighted by molar-refractivity contribution is -0.119. The van der Waals surface area contributed by atoms with Crippen molar-refractivity contribution in [3.8, 4) is 5.69 Å². The molecule has 0 aliphatic rings. The smallest absolute Gasteiger partial charge is 0.264 e. The van der Waals surface area contributed by atoms with Crippen molar-refractivity contribution in [3.63, 3.8) is 0 Å². The highest BCUT2D eigenvalue weighted by atomic mass is 79.9. The highest BCUT2D eigenvalue weighted by Gasteiger charge is 2.28. The maximum absolute atomic E-state index is 13.5. The minimum absolute atomic E-state index is 0.106. The Bertz CT molecular complexity index is 1560. The number of hydrogen-bond acceptors (Lipinski definition) is 4. The van der Waals surface area contributed by atoms with Gasteiger partial charge in [-0.3, -0.25) is 9.10 Å².